The molecule has 0 aliphatic carbocycles. The molecule has 0 heterocycles. The smallest absolute Gasteiger partial charge is 0.128 e. The number of nitriles is 1. The topological polar surface area (TPSA) is 27.0 Å². The molecule has 0 fully saturated rings. The summed E-state index contributed by atoms with van der Waals surface area (Å²) in [6, 6.07) is 13.6. The molecule has 2 aromatic rings. The molecule has 0 radical (unpaired) electrons. The minimum Gasteiger partial charge on any atom is -0.367 e. The molecule has 0 spiro atoms. The van der Waals surface area contributed by atoms with E-state index in [1.165, 1.54) is 6.07 Å². The van der Waals surface area contributed by atoms with Gasteiger partial charge in [-0.25, -0.2) is 4.39 Å². The van der Waals surface area contributed by atoms with Gasteiger partial charge in [0, 0.05) is 17.6 Å². The molecule has 0 saturated heterocycles. The minimum absolute atomic E-state index is 0.207. The third-order valence-corrected chi connectivity index (χ3v) is 3.63. The van der Waals surface area contributed by atoms with Crippen LogP contribution in [0.2, 0.25) is 5.02 Å². The monoisotopic (exact) mass is 288 g/mol. The van der Waals surface area contributed by atoms with Gasteiger partial charge in [-0.3, -0.25) is 0 Å². The van der Waals surface area contributed by atoms with Crippen molar-refractivity contribution in [2.24, 2.45) is 0 Å². The van der Waals surface area contributed by atoms with Crippen LogP contribution in [0.1, 0.15) is 24.1 Å². The Balaban J connectivity index is 2.42. The summed E-state index contributed by atoms with van der Waals surface area (Å²) < 4.78 is 13.9. The molecule has 0 aliphatic heterocycles. The van der Waals surface area contributed by atoms with Crippen LogP contribution in [0.15, 0.2) is 42.5 Å². The number of hydrogen-bond donors (Lipinski definition) is 0. The first-order valence-corrected chi connectivity index (χ1v) is 6.59. The second-order valence-corrected chi connectivity index (χ2v) is 5.02. The highest BCUT2D eigenvalue weighted by atomic mass is 35.5. The average Bonchev–Trinajstić information content (AvgIpc) is 2.46. The van der Waals surface area contributed by atoms with Crippen molar-refractivity contribution in [3.63, 3.8) is 0 Å². The van der Waals surface area contributed by atoms with Gasteiger partial charge in [-0.05, 0) is 31.2 Å². The summed E-state index contributed by atoms with van der Waals surface area (Å²) in [6.07, 6.45) is 0. The molecule has 0 aromatic heterocycles. The predicted molar refractivity (Wildman–Crippen MR) is 79.4 cm³/mol. The van der Waals surface area contributed by atoms with Crippen molar-refractivity contribution >= 4 is 17.3 Å². The van der Waals surface area contributed by atoms with Gasteiger partial charge in [-0.1, -0.05) is 29.8 Å². The summed E-state index contributed by atoms with van der Waals surface area (Å²) >= 11 is 5.99. The fraction of sp³-hybridized carbons (Fsp3) is 0.188. The molecule has 20 heavy (non-hydrogen) atoms. The summed E-state index contributed by atoms with van der Waals surface area (Å²) in [5, 5.41) is 9.72. The van der Waals surface area contributed by atoms with Gasteiger partial charge in [0.15, 0.2) is 0 Å². The van der Waals surface area contributed by atoms with Gasteiger partial charge >= 0.3 is 0 Å². The first-order chi connectivity index (χ1) is 9.54. The van der Waals surface area contributed by atoms with Crippen LogP contribution in [-0.4, -0.2) is 7.05 Å². The standard InChI is InChI=1S/C16H14ClFN2/c1-11(14-5-3-4-6-15(14)18)20(2)16-9-13(17)8-7-12(16)10-19/h3-9,11H,1-2H3. The van der Waals surface area contributed by atoms with Gasteiger partial charge in [0.05, 0.1) is 17.3 Å². The third kappa shape index (κ3) is 2.76. The van der Waals surface area contributed by atoms with E-state index in [0.29, 0.717) is 21.8 Å². The van der Waals surface area contributed by atoms with Gasteiger partial charge < -0.3 is 4.90 Å². The lowest BCUT2D eigenvalue weighted by molar-refractivity contribution is 0.585. The largest absolute Gasteiger partial charge is 0.367 e. The molecule has 2 aromatic carbocycles. The zero-order valence-electron chi connectivity index (χ0n) is 11.3. The molecule has 102 valence electrons. The summed E-state index contributed by atoms with van der Waals surface area (Å²) in [5.74, 6) is -0.257. The van der Waals surface area contributed by atoms with Crippen molar-refractivity contribution in [1.82, 2.24) is 0 Å². The van der Waals surface area contributed by atoms with Crippen LogP contribution >= 0.6 is 11.6 Å². The first kappa shape index (κ1) is 14.4. The van der Waals surface area contributed by atoms with Crippen LogP contribution in [0.5, 0.6) is 0 Å². The van der Waals surface area contributed by atoms with Crippen LogP contribution in [0.25, 0.3) is 0 Å². The van der Waals surface area contributed by atoms with E-state index in [9.17, 15) is 9.65 Å². The van der Waals surface area contributed by atoms with E-state index in [4.69, 9.17) is 11.6 Å². The number of nitrogens with zero attached hydrogens (tertiary/aromatic N) is 2. The molecule has 1 unspecified atom stereocenters. The first-order valence-electron chi connectivity index (χ1n) is 6.21. The molecule has 0 N–H and O–H groups in total. The Bertz CT molecular complexity index is 664. The highest BCUT2D eigenvalue weighted by Gasteiger charge is 2.18. The number of hydrogen-bond acceptors (Lipinski definition) is 2. The predicted octanol–water partition coefficient (Wildman–Crippen LogP) is 4.55. The van der Waals surface area contributed by atoms with Crippen molar-refractivity contribution in [2.75, 3.05) is 11.9 Å². The molecular weight excluding hydrogens is 275 g/mol. The van der Waals surface area contributed by atoms with E-state index in [-0.39, 0.29) is 11.9 Å². The lowest BCUT2D eigenvalue weighted by Crippen LogP contribution is -2.23. The molecule has 0 amide bonds. The summed E-state index contributed by atoms with van der Waals surface area (Å²) in [4.78, 5) is 1.85. The molecule has 2 rings (SSSR count). The average molecular weight is 289 g/mol. The fourth-order valence-electron chi connectivity index (χ4n) is 2.12. The van der Waals surface area contributed by atoms with Crippen molar-refractivity contribution in [2.45, 2.75) is 13.0 Å². The Morgan fingerprint density at radius 3 is 2.60 bits per heavy atom. The Morgan fingerprint density at radius 1 is 1.25 bits per heavy atom. The van der Waals surface area contributed by atoms with Gasteiger partial charge in [-0.2, -0.15) is 5.26 Å². The molecular formula is C16H14ClFN2. The molecule has 4 heteroatoms. The van der Waals surface area contributed by atoms with E-state index < -0.39 is 0 Å². The van der Waals surface area contributed by atoms with Crippen LogP contribution in [-0.2, 0) is 0 Å². The van der Waals surface area contributed by atoms with Gasteiger partial charge in [0.1, 0.15) is 11.9 Å². The lowest BCUT2D eigenvalue weighted by Gasteiger charge is -2.28. The van der Waals surface area contributed by atoms with Gasteiger partial charge in [0.2, 0.25) is 0 Å². The van der Waals surface area contributed by atoms with E-state index in [1.807, 2.05) is 18.9 Å². The second-order valence-electron chi connectivity index (χ2n) is 4.58. The Morgan fingerprint density at radius 2 is 1.95 bits per heavy atom. The number of rotatable bonds is 3. The molecule has 0 bridgehead atoms. The van der Waals surface area contributed by atoms with E-state index in [2.05, 4.69) is 6.07 Å². The maximum Gasteiger partial charge on any atom is 0.128 e. The van der Waals surface area contributed by atoms with Crippen molar-refractivity contribution in [3.05, 3.63) is 64.4 Å². The normalized spacial score (nSPS) is 11.8. The minimum atomic E-state index is -0.257. The molecule has 0 aliphatic rings. The zero-order chi connectivity index (χ0) is 14.7. The quantitative estimate of drug-likeness (QED) is 0.828. The Hall–Kier alpha value is -2.05. The van der Waals surface area contributed by atoms with E-state index in [1.54, 1.807) is 36.4 Å². The van der Waals surface area contributed by atoms with Crippen LogP contribution in [0.4, 0.5) is 10.1 Å². The number of benzene rings is 2. The Labute approximate surface area is 123 Å². The second kappa shape index (κ2) is 5.94. The summed E-state index contributed by atoms with van der Waals surface area (Å²) in [6.45, 7) is 1.89. The fourth-order valence-corrected chi connectivity index (χ4v) is 2.29. The summed E-state index contributed by atoms with van der Waals surface area (Å²) in [5.41, 5.74) is 1.79. The van der Waals surface area contributed by atoms with E-state index in [0.717, 1.165) is 0 Å². The SMILES string of the molecule is CC(c1ccccc1F)N(C)c1cc(Cl)ccc1C#N. The Kier molecular flexibility index (Phi) is 4.26. The van der Waals surface area contributed by atoms with Crippen LogP contribution in [0, 0.1) is 17.1 Å². The highest BCUT2D eigenvalue weighted by Crippen LogP contribution is 2.31. The maximum absolute atomic E-state index is 13.9. The van der Waals surface area contributed by atoms with Crippen molar-refractivity contribution in [1.29, 1.82) is 5.26 Å². The van der Waals surface area contributed by atoms with Crippen molar-refractivity contribution < 1.29 is 4.39 Å². The molecule has 0 saturated carbocycles. The zero-order valence-corrected chi connectivity index (χ0v) is 12.0. The summed E-state index contributed by atoms with van der Waals surface area (Å²) in [7, 11) is 1.82. The molecule has 1 atom stereocenters. The van der Waals surface area contributed by atoms with Gasteiger partial charge in [-0.15, -0.1) is 0 Å². The van der Waals surface area contributed by atoms with Crippen LogP contribution in [0.3, 0.4) is 0 Å². The highest BCUT2D eigenvalue weighted by molar-refractivity contribution is 6.30. The number of anilines is 1. The van der Waals surface area contributed by atoms with E-state index >= 15 is 0 Å². The third-order valence-electron chi connectivity index (χ3n) is 3.40. The number of halogens is 2. The van der Waals surface area contributed by atoms with Crippen LogP contribution < -0.4 is 4.90 Å². The molecule has 2 nitrogen and oxygen atoms in total. The van der Waals surface area contributed by atoms with Crippen molar-refractivity contribution in [3.8, 4) is 6.07 Å². The van der Waals surface area contributed by atoms with Gasteiger partial charge in [0.25, 0.3) is 0 Å². The maximum atomic E-state index is 13.9. The lowest BCUT2D eigenvalue weighted by atomic mass is 10.0.